The van der Waals surface area contributed by atoms with Crippen LogP contribution in [-0.4, -0.2) is 16.0 Å². The first-order valence-corrected chi connectivity index (χ1v) is 6.30. The van der Waals surface area contributed by atoms with E-state index in [-0.39, 0.29) is 11.5 Å². The van der Waals surface area contributed by atoms with Crippen LogP contribution in [0.2, 0.25) is 0 Å². The first-order valence-electron chi connectivity index (χ1n) is 6.30. The molecule has 1 atom stereocenters. The summed E-state index contributed by atoms with van der Waals surface area (Å²) in [5.74, 6) is 1.28. The van der Waals surface area contributed by atoms with Crippen molar-refractivity contribution in [2.45, 2.75) is 59.9 Å². The molecule has 3 heteroatoms. The first-order chi connectivity index (χ1) is 7.70. The lowest BCUT2D eigenvalue weighted by Crippen LogP contribution is -2.37. The molecule has 0 bridgehead atoms. The number of aryl methyl sites for hydroxylation is 1. The monoisotopic (exact) mass is 235 g/mol. The lowest BCUT2D eigenvalue weighted by Gasteiger charge is -2.27. The van der Waals surface area contributed by atoms with E-state index in [0.717, 1.165) is 23.6 Å². The van der Waals surface area contributed by atoms with Gasteiger partial charge in [-0.25, -0.2) is 9.97 Å². The highest BCUT2D eigenvalue weighted by atomic mass is 14.9. The average Bonchev–Trinajstić information content (AvgIpc) is 2.14. The van der Waals surface area contributed by atoms with Crippen molar-refractivity contribution in [3.63, 3.8) is 0 Å². The summed E-state index contributed by atoms with van der Waals surface area (Å²) in [6.45, 7) is 12.7. The summed E-state index contributed by atoms with van der Waals surface area (Å²) in [5, 5.41) is 0. The summed E-state index contributed by atoms with van der Waals surface area (Å²) in [4.78, 5) is 9.05. The van der Waals surface area contributed by atoms with Gasteiger partial charge in [-0.05, 0) is 18.4 Å². The van der Waals surface area contributed by atoms with Crippen LogP contribution in [-0.2, 0) is 6.42 Å². The van der Waals surface area contributed by atoms with Crippen LogP contribution < -0.4 is 5.73 Å². The molecule has 1 aromatic heterocycles. The lowest BCUT2D eigenvalue weighted by atomic mass is 9.84. The number of aromatic nitrogens is 2. The lowest BCUT2D eigenvalue weighted by molar-refractivity contribution is 0.316. The highest BCUT2D eigenvalue weighted by molar-refractivity contribution is 5.13. The molecule has 0 saturated heterocycles. The van der Waals surface area contributed by atoms with Gasteiger partial charge in [0.15, 0.2) is 0 Å². The summed E-state index contributed by atoms with van der Waals surface area (Å²) < 4.78 is 0. The summed E-state index contributed by atoms with van der Waals surface area (Å²) in [7, 11) is 0. The van der Waals surface area contributed by atoms with Crippen molar-refractivity contribution in [1.82, 2.24) is 9.97 Å². The quantitative estimate of drug-likeness (QED) is 0.876. The molecule has 0 spiro atoms. The molecule has 0 aromatic carbocycles. The van der Waals surface area contributed by atoms with Crippen molar-refractivity contribution in [3.8, 4) is 0 Å². The van der Waals surface area contributed by atoms with Crippen molar-refractivity contribution in [1.29, 1.82) is 0 Å². The molecule has 1 aromatic rings. The van der Waals surface area contributed by atoms with Gasteiger partial charge < -0.3 is 5.73 Å². The van der Waals surface area contributed by atoms with E-state index in [1.807, 2.05) is 13.0 Å². The summed E-state index contributed by atoms with van der Waals surface area (Å²) in [6, 6.07) is 2.16. The van der Waals surface area contributed by atoms with Gasteiger partial charge in [0.1, 0.15) is 5.82 Å². The fourth-order valence-corrected chi connectivity index (χ4v) is 1.55. The fourth-order valence-electron chi connectivity index (χ4n) is 1.55. The topological polar surface area (TPSA) is 51.8 Å². The standard InChI is InChI=1S/C14H25N3/c1-9(2)13-16-10(3)7-11(17-13)8-12(15)14(4,5)6/h7,9,12H,8,15H2,1-6H3. The predicted octanol–water partition coefficient (Wildman–Crippen LogP) is 2.82. The van der Waals surface area contributed by atoms with Gasteiger partial charge in [-0.2, -0.15) is 0 Å². The van der Waals surface area contributed by atoms with Crippen LogP contribution in [0.25, 0.3) is 0 Å². The van der Waals surface area contributed by atoms with Crippen LogP contribution in [0.5, 0.6) is 0 Å². The maximum absolute atomic E-state index is 6.20. The maximum atomic E-state index is 6.20. The van der Waals surface area contributed by atoms with Gasteiger partial charge in [-0.15, -0.1) is 0 Å². The van der Waals surface area contributed by atoms with E-state index in [9.17, 15) is 0 Å². The van der Waals surface area contributed by atoms with Crippen LogP contribution in [0.4, 0.5) is 0 Å². The van der Waals surface area contributed by atoms with E-state index in [2.05, 4.69) is 44.6 Å². The summed E-state index contributed by atoms with van der Waals surface area (Å²) >= 11 is 0. The Kier molecular flexibility index (Phi) is 4.26. The van der Waals surface area contributed by atoms with Crippen LogP contribution in [0, 0.1) is 12.3 Å². The van der Waals surface area contributed by atoms with Crippen LogP contribution in [0.3, 0.4) is 0 Å². The first kappa shape index (κ1) is 14.1. The molecule has 0 aliphatic rings. The van der Waals surface area contributed by atoms with Crippen molar-refractivity contribution in [2.75, 3.05) is 0 Å². The molecule has 0 amide bonds. The summed E-state index contributed by atoms with van der Waals surface area (Å²) in [5.41, 5.74) is 8.39. The SMILES string of the molecule is Cc1cc(CC(N)C(C)(C)C)nc(C(C)C)n1. The molecular formula is C14H25N3. The van der Waals surface area contributed by atoms with Gasteiger partial charge >= 0.3 is 0 Å². The minimum atomic E-state index is 0.108. The third kappa shape index (κ3) is 4.08. The van der Waals surface area contributed by atoms with Crippen molar-refractivity contribution in [2.24, 2.45) is 11.1 Å². The Hall–Kier alpha value is -0.960. The molecule has 0 aliphatic heterocycles. The second-order valence-electron chi connectivity index (χ2n) is 6.19. The summed E-state index contributed by atoms with van der Waals surface area (Å²) in [6.07, 6.45) is 0.812. The van der Waals surface area contributed by atoms with Crippen molar-refractivity contribution < 1.29 is 0 Å². The van der Waals surface area contributed by atoms with E-state index < -0.39 is 0 Å². The molecule has 0 aliphatic carbocycles. The smallest absolute Gasteiger partial charge is 0.131 e. The van der Waals surface area contributed by atoms with Crippen LogP contribution >= 0.6 is 0 Å². The molecule has 17 heavy (non-hydrogen) atoms. The predicted molar refractivity (Wildman–Crippen MR) is 72.0 cm³/mol. The molecule has 1 rings (SSSR count). The van der Waals surface area contributed by atoms with E-state index >= 15 is 0 Å². The minimum absolute atomic E-state index is 0.108. The van der Waals surface area contributed by atoms with E-state index in [4.69, 9.17) is 5.73 Å². The largest absolute Gasteiger partial charge is 0.327 e. The molecule has 2 N–H and O–H groups in total. The molecule has 0 radical (unpaired) electrons. The van der Waals surface area contributed by atoms with Gasteiger partial charge in [-0.3, -0.25) is 0 Å². The van der Waals surface area contributed by atoms with Crippen molar-refractivity contribution in [3.05, 3.63) is 23.3 Å². The normalized spacial score (nSPS) is 14.1. The fraction of sp³-hybridized carbons (Fsp3) is 0.714. The van der Waals surface area contributed by atoms with Gasteiger partial charge in [0.2, 0.25) is 0 Å². The molecule has 1 unspecified atom stereocenters. The van der Waals surface area contributed by atoms with Gasteiger partial charge in [-0.1, -0.05) is 34.6 Å². The third-order valence-corrected chi connectivity index (χ3v) is 2.98. The Labute approximate surface area is 105 Å². The zero-order valence-electron chi connectivity index (χ0n) is 11.9. The number of hydrogen-bond donors (Lipinski definition) is 1. The maximum Gasteiger partial charge on any atom is 0.131 e. The van der Waals surface area contributed by atoms with Crippen LogP contribution in [0.1, 0.15) is 57.7 Å². The second kappa shape index (κ2) is 5.13. The highest BCUT2D eigenvalue weighted by Crippen LogP contribution is 2.21. The Morgan fingerprint density at radius 2 is 1.82 bits per heavy atom. The Bertz CT molecular complexity index is 378. The highest BCUT2D eigenvalue weighted by Gasteiger charge is 2.21. The number of nitrogens with two attached hydrogens (primary N) is 1. The molecule has 3 nitrogen and oxygen atoms in total. The van der Waals surface area contributed by atoms with E-state index in [1.165, 1.54) is 0 Å². The van der Waals surface area contributed by atoms with Gasteiger partial charge in [0.05, 0.1) is 0 Å². The van der Waals surface area contributed by atoms with Gasteiger partial charge in [0, 0.05) is 29.8 Å². The van der Waals surface area contributed by atoms with Crippen molar-refractivity contribution >= 4 is 0 Å². The molecule has 0 fully saturated rings. The zero-order valence-corrected chi connectivity index (χ0v) is 11.9. The molecule has 96 valence electrons. The van der Waals surface area contributed by atoms with E-state index in [0.29, 0.717) is 5.92 Å². The molecule has 1 heterocycles. The Balaban J connectivity index is 2.92. The zero-order chi connectivity index (χ0) is 13.2. The third-order valence-electron chi connectivity index (χ3n) is 2.98. The van der Waals surface area contributed by atoms with Crippen LogP contribution in [0.15, 0.2) is 6.07 Å². The molecule has 0 saturated carbocycles. The Morgan fingerprint density at radius 3 is 2.29 bits per heavy atom. The number of nitrogens with zero attached hydrogens (tertiary/aromatic N) is 2. The Morgan fingerprint density at radius 1 is 1.24 bits per heavy atom. The van der Waals surface area contributed by atoms with E-state index in [1.54, 1.807) is 0 Å². The second-order valence-corrected chi connectivity index (χ2v) is 6.19. The minimum Gasteiger partial charge on any atom is -0.327 e. The van der Waals surface area contributed by atoms with Gasteiger partial charge in [0.25, 0.3) is 0 Å². The number of rotatable bonds is 3. The average molecular weight is 235 g/mol. The number of hydrogen-bond acceptors (Lipinski definition) is 3. The molecular weight excluding hydrogens is 210 g/mol.